The van der Waals surface area contributed by atoms with Gasteiger partial charge in [0.15, 0.2) is 12.3 Å². The van der Waals surface area contributed by atoms with Gasteiger partial charge in [0.2, 0.25) is 11.5 Å². The molecular weight excluding hydrogens is 568 g/mol. The van der Waals surface area contributed by atoms with E-state index < -0.39 is 0 Å². The third-order valence-electron chi connectivity index (χ3n) is 7.98. The first-order valence-electron chi connectivity index (χ1n) is 15.7. The van der Waals surface area contributed by atoms with Gasteiger partial charge in [-0.15, -0.1) is 0 Å². The van der Waals surface area contributed by atoms with Crippen molar-refractivity contribution >= 4 is 34.5 Å². The van der Waals surface area contributed by atoms with Gasteiger partial charge in [-0.25, -0.2) is 0 Å². The predicted molar refractivity (Wildman–Crippen MR) is 183 cm³/mol. The Hall–Kier alpha value is -3.58. The van der Waals surface area contributed by atoms with Gasteiger partial charge in [0, 0.05) is 30.1 Å². The quantitative estimate of drug-likeness (QED) is 0.120. The Morgan fingerprint density at radius 1 is 0.864 bits per heavy atom. The Morgan fingerprint density at radius 3 is 2.30 bits per heavy atom. The average molecular weight is 616 g/mol. The molecule has 232 valence electrons. The number of hydrogen-bond donors (Lipinski definition) is 0. The number of aromatic nitrogens is 1. The first kappa shape index (κ1) is 31.8. The van der Waals surface area contributed by atoms with Crippen LogP contribution in [0.2, 0.25) is 5.02 Å². The van der Waals surface area contributed by atoms with E-state index in [1.807, 2.05) is 18.2 Å². The third kappa shape index (κ3) is 7.92. The van der Waals surface area contributed by atoms with E-state index in [2.05, 4.69) is 119 Å². The van der Waals surface area contributed by atoms with Crippen molar-refractivity contribution in [2.45, 2.75) is 32.7 Å². The maximum Gasteiger partial charge on any atom is 0.374 e. The van der Waals surface area contributed by atoms with Crippen LogP contribution >= 0.6 is 11.6 Å². The highest BCUT2D eigenvalue weighted by atomic mass is 35.5. The number of fused-ring (bicyclic) bond motifs is 2. The molecular formula is C37H48ClN4O2+3. The van der Waals surface area contributed by atoms with Gasteiger partial charge in [-0.05, 0) is 47.4 Å². The zero-order chi connectivity index (χ0) is 31.5. The fourth-order valence-corrected chi connectivity index (χ4v) is 5.80. The van der Waals surface area contributed by atoms with E-state index in [1.54, 1.807) is 0 Å². The minimum absolute atomic E-state index is 0.712. The van der Waals surface area contributed by atoms with Crippen molar-refractivity contribution in [2.24, 2.45) is 0 Å². The standard InChI is InChI=1S/C37H48ClN4O2/c1-8-28(25-37-40(21-13-23-42(5,6)7)33-27-31(38)17-19-35(33)44-37)24-36-39(20-12-22-41(2,3)4)32-26-30(16-18-34(32)43-36)29-14-10-9-11-15-29/h9-11,14-19,24-27H,8,12-13,20-23H2,1-7H3/q+3. The third-order valence-corrected chi connectivity index (χ3v) is 8.21. The highest BCUT2D eigenvalue weighted by Crippen LogP contribution is 2.41. The van der Waals surface area contributed by atoms with Crippen molar-refractivity contribution in [3.05, 3.63) is 95.2 Å². The van der Waals surface area contributed by atoms with Gasteiger partial charge >= 0.3 is 5.89 Å². The number of benzene rings is 3. The largest absolute Gasteiger partial charge is 0.439 e. The lowest BCUT2D eigenvalue weighted by Crippen LogP contribution is -2.41. The Bertz CT molecular complexity index is 1660. The molecule has 0 radical (unpaired) electrons. The maximum atomic E-state index is 6.55. The second-order valence-corrected chi connectivity index (χ2v) is 14.2. The normalized spacial score (nSPS) is 14.9. The van der Waals surface area contributed by atoms with Gasteiger partial charge < -0.3 is 23.0 Å². The Labute approximate surface area is 268 Å². The number of rotatable bonds is 12. The molecule has 1 aliphatic rings. The van der Waals surface area contributed by atoms with Gasteiger partial charge in [0.25, 0.3) is 5.52 Å². The number of anilines is 1. The SMILES string of the molecule is CCC(=Cc1oc2ccc(-c3ccccc3)cc2[n+]1CCC[N+](C)(C)C)C=C1Oc2ccc(Cl)cc2N1CCC[N+](C)(C)C. The molecule has 6 nitrogen and oxygen atoms in total. The van der Waals surface area contributed by atoms with Crippen molar-refractivity contribution in [2.75, 3.05) is 66.8 Å². The molecule has 44 heavy (non-hydrogen) atoms. The summed E-state index contributed by atoms with van der Waals surface area (Å²) in [7, 11) is 13.4. The molecule has 3 aromatic carbocycles. The van der Waals surface area contributed by atoms with E-state index in [9.17, 15) is 0 Å². The minimum atomic E-state index is 0.712. The predicted octanol–water partition coefficient (Wildman–Crippen LogP) is 7.77. The lowest BCUT2D eigenvalue weighted by atomic mass is 10.1. The molecule has 0 aliphatic carbocycles. The van der Waals surface area contributed by atoms with Crippen molar-refractivity contribution in [3.63, 3.8) is 0 Å². The number of ether oxygens (including phenoxy) is 1. The summed E-state index contributed by atoms with van der Waals surface area (Å²) in [4.78, 5) is 2.26. The molecule has 0 saturated carbocycles. The number of allylic oxidation sites excluding steroid dienone is 2. The number of hydrogen-bond acceptors (Lipinski definition) is 3. The number of nitrogens with zero attached hydrogens (tertiary/aromatic N) is 4. The summed E-state index contributed by atoms with van der Waals surface area (Å²) in [5.74, 6) is 2.53. The molecule has 0 fully saturated rings. The van der Waals surface area contributed by atoms with Gasteiger partial charge in [-0.3, -0.25) is 0 Å². The fourth-order valence-electron chi connectivity index (χ4n) is 5.63. The molecule has 1 aromatic heterocycles. The van der Waals surface area contributed by atoms with E-state index in [4.69, 9.17) is 20.8 Å². The Balaban J connectivity index is 1.52. The summed E-state index contributed by atoms with van der Waals surface area (Å²) >= 11 is 6.43. The zero-order valence-corrected chi connectivity index (χ0v) is 28.2. The van der Waals surface area contributed by atoms with E-state index >= 15 is 0 Å². The highest BCUT2D eigenvalue weighted by Gasteiger charge is 2.28. The first-order chi connectivity index (χ1) is 20.9. The van der Waals surface area contributed by atoms with Crippen molar-refractivity contribution < 1.29 is 22.7 Å². The topological polar surface area (TPSA) is 29.5 Å². The smallest absolute Gasteiger partial charge is 0.374 e. The lowest BCUT2D eigenvalue weighted by Gasteiger charge is -2.26. The molecule has 0 N–H and O–H groups in total. The number of halogens is 1. The van der Waals surface area contributed by atoms with Crippen LogP contribution in [0.4, 0.5) is 5.69 Å². The molecule has 0 amide bonds. The molecule has 0 bridgehead atoms. The summed E-state index contributed by atoms with van der Waals surface area (Å²) in [6.45, 7) is 6.04. The zero-order valence-electron chi connectivity index (χ0n) is 27.4. The van der Waals surface area contributed by atoms with Crippen LogP contribution in [0.15, 0.2) is 88.7 Å². The monoisotopic (exact) mass is 615 g/mol. The molecule has 7 heteroatoms. The molecule has 1 aliphatic heterocycles. The molecule has 2 heterocycles. The second-order valence-electron chi connectivity index (χ2n) is 13.8. The number of aryl methyl sites for hydroxylation is 1. The van der Waals surface area contributed by atoms with E-state index in [0.717, 1.165) is 94.3 Å². The Morgan fingerprint density at radius 2 is 1.59 bits per heavy atom. The number of quaternary nitrogens is 2. The molecule has 4 aromatic rings. The van der Waals surface area contributed by atoms with Gasteiger partial charge in [-0.1, -0.05) is 54.9 Å². The van der Waals surface area contributed by atoms with Crippen LogP contribution in [0.1, 0.15) is 32.1 Å². The Kier molecular flexibility index (Phi) is 9.54. The lowest BCUT2D eigenvalue weighted by molar-refractivity contribution is -0.873. The van der Waals surface area contributed by atoms with Crippen molar-refractivity contribution in [3.8, 4) is 16.9 Å². The van der Waals surface area contributed by atoms with Gasteiger partial charge in [0.1, 0.15) is 0 Å². The fraction of sp³-hybridized carbons (Fsp3) is 0.378. The van der Waals surface area contributed by atoms with Crippen LogP contribution in [0.25, 0.3) is 28.3 Å². The maximum absolute atomic E-state index is 6.55. The second kappa shape index (κ2) is 13.2. The average Bonchev–Trinajstić information content (AvgIpc) is 3.48. The molecule has 0 unspecified atom stereocenters. The molecule has 0 saturated heterocycles. The van der Waals surface area contributed by atoms with Crippen LogP contribution in [0.3, 0.4) is 0 Å². The minimum Gasteiger partial charge on any atom is -0.439 e. The van der Waals surface area contributed by atoms with Crippen LogP contribution < -0.4 is 14.2 Å². The van der Waals surface area contributed by atoms with Crippen LogP contribution in [0.5, 0.6) is 5.75 Å². The van der Waals surface area contributed by atoms with Gasteiger partial charge in [-0.2, -0.15) is 4.57 Å². The van der Waals surface area contributed by atoms with Crippen molar-refractivity contribution in [1.82, 2.24) is 0 Å². The van der Waals surface area contributed by atoms with E-state index in [-0.39, 0.29) is 0 Å². The van der Waals surface area contributed by atoms with E-state index in [0.29, 0.717) is 5.02 Å². The van der Waals surface area contributed by atoms with Crippen LogP contribution in [0, 0.1) is 0 Å². The molecule has 0 atom stereocenters. The summed E-state index contributed by atoms with van der Waals surface area (Å²) in [6, 6.07) is 22.9. The van der Waals surface area contributed by atoms with Gasteiger partial charge in [0.05, 0.1) is 73.6 Å². The summed E-state index contributed by atoms with van der Waals surface area (Å²) in [6.07, 6.45) is 7.26. The van der Waals surface area contributed by atoms with Crippen molar-refractivity contribution in [1.29, 1.82) is 0 Å². The molecule has 0 spiro atoms. The van der Waals surface area contributed by atoms with E-state index in [1.165, 1.54) is 11.1 Å². The van der Waals surface area contributed by atoms with Crippen LogP contribution in [-0.4, -0.2) is 70.9 Å². The molecule has 5 rings (SSSR count). The van der Waals surface area contributed by atoms with Crippen LogP contribution in [-0.2, 0) is 6.54 Å². The first-order valence-corrected chi connectivity index (χ1v) is 16.1. The summed E-state index contributed by atoms with van der Waals surface area (Å²) in [5.41, 5.74) is 6.56. The summed E-state index contributed by atoms with van der Waals surface area (Å²) in [5, 5.41) is 0.712. The summed E-state index contributed by atoms with van der Waals surface area (Å²) < 4.78 is 17.2. The highest BCUT2D eigenvalue weighted by molar-refractivity contribution is 6.31. The number of oxazole rings is 1.